The minimum atomic E-state index is -0.401. The van der Waals surface area contributed by atoms with E-state index in [9.17, 15) is 9.59 Å². The molecule has 0 saturated carbocycles. The zero-order chi connectivity index (χ0) is 16.1. The summed E-state index contributed by atoms with van der Waals surface area (Å²) in [6, 6.07) is 9.15. The van der Waals surface area contributed by atoms with E-state index in [4.69, 9.17) is 0 Å². The van der Waals surface area contributed by atoms with Gasteiger partial charge in [-0.3, -0.25) is 14.5 Å². The Kier molecular flexibility index (Phi) is 5.56. The van der Waals surface area contributed by atoms with Crippen LogP contribution in [-0.2, 0) is 9.59 Å². The number of nitrogens with one attached hydrogen (secondary N) is 2. The number of amides is 2. The molecular weight excluding hydrogens is 310 g/mol. The first-order valence-electron chi connectivity index (χ1n) is 8.20. The van der Waals surface area contributed by atoms with Crippen molar-refractivity contribution in [3.05, 3.63) is 35.9 Å². The molecule has 0 radical (unpaired) electrons. The maximum atomic E-state index is 12.9. The van der Waals surface area contributed by atoms with Gasteiger partial charge >= 0.3 is 0 Å². The molecule has 2 fully saturated rings. The van der Waals surface area contributed by atoms with Gasteiger partial charge in [-0.05, 0) is 18.4 Å². The van der Waals surface area contributed by atoms with Gasteiger partial charge in [0.15, 0.2) is 0 Å². The molecule has 2 amide bonds. The first-order valence-corrected chi connectivity index (χ1v) is 9.36. The molecule has 124 valence electrons. The van der Waals surface area contributed by atoms with Crippen molar-refractivity contribution in [3.8, 4) is 0 Å². The Bertz CT molecular complexity index is 546. The Balaban J connectivity index is 1.76. The third-order valence-corrected chi connectivity index (χ3v) is 5.32. The minimum Gasteiger partial charge on any atom is -0.354 e. The van der Waals surface area contributed by atoms with Crippen molar-refractivity contribution in [1.29, 1.82) is 0 Å². The molecule has 1 aromatic rings. The van der Waals surface area contributed by atoms with Crippen LogP contribution in [0.3, 0.4) is 0 Å². The van der Waals surface area contributed by atoms with Gasteiger partial charge in [-0.1, -0.05) is 30.3 Å². The lowest BCUT2D eigenvalue weighted by Gasteiger charge is -2.35. The molecule has 2 N–H and O–H groups in total. The van der Waals surface area contributed by atoms with E-state index in [1.165, 1.54) is 0 Å². The van der Waals surface area contributed by atoms with Crippen LogP contribution >= 0.6 is 11.8 Å². The molecule has 3 rings (SSSR count). The standard InChI is InChI=1S/C17H23N3O2S/c21-16-14(7-4-8-18-16)19-17(22)15(13-5-2-1-3-6-13)20-9-11-23-12-10-20/h1-3,5-6,14-15H,4,7-12H2,(H,18,21)(H,19,22)/t14-,15+/m1/s1. The fourth-order valence-electron chi connectivity index (χ4n) is 3.16. The molecule has 0 spiro atoms. The number of thioether (sulfide) groups is 1. The highest BCUT2D eigenvalue weighted by Gasteiger charge is 2.32. The second kappa shape index (κ2) is 7.84. The van der Waals surface area contributed by atoms with Crippen molar-refractivity contribution in [2.24, 2.45) is 0 Å². The van der Waals surface area contributed by atoms with Gasteiger partial charge in [0.05, 0.1) is 0 Å². The summed E-state index contributed by atoms with van der Waals surface area (Å²) in [5.41, 5.74) is 0.994. The van der Waals surface area contributed by atoms with Crippen LogP contribution in [0.2, 0.25) is 0 Å². The van der Waals surface area contributed by atoms with Gasteiger partial charge in [-0.15, -0.1) is 0 Å². The molecule has 2 heterocycles. The summed E-state index contributed by atoms with van der Waals surface area (Å²) in [4.78, 5) is 27.1. The number of benzene rings is 1. The fourth-order valence-corrected chi connectivity index (χ4v) is 4.09. The van der Waals surface area contributed by atoms with Crippen molar-refractivity contribution in [2.45, 2.75) is 24.9 Å². The molecule has 2 atom stereocenters. The van der Waals surface area contributed by atoms with E-state index >= 15 is 0 Å². The molecule has 2 aliphatic heterocycles. The van der Waals surface area contributed by atoms with Crippen LogP contribution in [0.1, 0.15) is 24.4 Å². The fraction of sp³-hybridized carbons (Fsp3) is 0.529. The molecule has 0 bridgehead atoms. The van der Waals surface area contributed by atoms with Gasteiger partial charge in [0.1, 0.15) is 12.1 Å². The topological polar surface area (TPSA) is 61.4 Å². The molecule has 0 aliphatic carbocycles. The highest BCUT2D eigenvalue weighted by molar-refractivity contribution is 7.99. The zero-order valence-electron chi connectivity index (χ0n) is 13.2. The molecule has 0 unspecified atom stereocenters. The van der Waals surface area contributed by atoms with Gasteiger partial charge in [-0.2, -0.15) is 11.8 Å². The second-order valence-corrected chi connectivity index (χ2v) is 7.18. The normalized spacial score (nSPS) is 23.8. The van der Waals surface area contributed by atoms with E-state index in [2.05, 4.69) is 15.5 Å². The van der Waals surface area contributed by atoms with Gasteiger partial charge in [0, 0.05) is 31.1 Å². The molecular formula is C17H23N3O2S. The Morgan fingerprint density at radius 2 is 2.00 bits per heavy atom. The predicted molar refractivity (Wildman–Crippen MR) is 92.3 cm³/mol. The lowest BCUT2D eigenvalue weighted by atomic mass is 10.0. The van der Waals surface area contributed by atoms with Crippen LogP contribution in [0, 0.1) is 0 Å². The maximum absolute atomic E-state index is 12.9. The molecule has 23 heavy (non-hydrogen) atoms. The Morgan fingerprint density at radius 3 is 2.70 bits per heavy atom. The van der Waals surface area contributed by atoms with Crippen molar-refractivity contribution in [2.75, 3.05) is 31.1 Å². The first-order chi connectivity index (χ1) is 11.3. The summed E-state index contributed by atoms with van der Waals surface area (Å²) in [5, 5.41) is 5.79. The van der Waals surface area contributed by atoms with Crippen LogP contribution in [0.25, 0.3) is 0 Å². The number of rotatable bonds is 4. The van der Waals surface area contributed by atoms with Gasteiger partial charge < -0.3 is 10.6 Å². The van der Waals surface area contributed by atoms with E-state index in [0.29, 0.717) is 6.54 Å². The van der Waals surface area contributed by atoms with Crippen LogP contribution in [-0.4, -0.2) is 53.9 Å². The first kappa shape index (κ1) is 16.3. The molecule has 2 saturated heterocycles. The average Bonchev–Trinajstić information content (AvgIpc) is 2.59. The number of hydrogen-bond acceptors (Lipinski definition) is 4. The summed E-state index contributed by atoms with van der Waals surface area (Å²) in [6.45, 7) is 2.50. The van der Waals surface area contributed by atoms with Crippen LogP contribution < -0.4 is 10.6 Å². The summed E-state index contributed by atoms with van der Waals surface area (Å²) < 4.78 is 0. The van der Waals surface area contributed by atoms with Crippen LogP contribution in [0.4, 0.5) is 0 Å². The monoisotopic (exact) mass is 333 g/mol. The maximum Gasteiger partial charge on any atom is 0.242 e. The van der Waals surface area contributed by atoms with Crippen LogP contribution in [0.15, 0.2) is 30.3 Å². The molecule has 1 aromatic carbocycles. The van der Waals surface area contributed by atoms with E-state index in [-0.39, 0.29) is 17.9 Å². The van der Waals surface area contributed by atoms with Gasteiger partial charge in [0.2, 0.25) is 11.8 Å². The number of carbonyl (C=O) groups excluding carboxylic acids is 2. The smallest absolute Gasteiger partial charge is 0.242 e. The summed E-state index contributed by atoms with van der Waals surface area (Å²) in [5.74, 6) is 1.96. The average molecular weight is 333 g/mol. The third kappa shape index (κ3) is 4.06. The molecule has 6 heteroatoms. The van der Waals surface area contributed by atoms with Gasteiger partial charge in [0.25, 0.3) is 0 Å². The van der Waals surface area contributed by atoms with Crippen molar-refractivity contribution in [3.63, 3.8) is 0 Å². The number of hydrogen-bond donors (Lipinski definition) is 2. The van der Waals surface area contributed by atoms with Crippen molar-refractivity contribution >= 4 is 23.6 Å². The predicted octanol–water partition coefficient (Wildman–Crippen LogP) is 1.17. The highest BCUT2D eigenvalue weighted by Crippen LogP contribution is 2.25. The Morgan fingerprint density at radius 1 is 1.26 bits per heavy atom. The highest BCUT2D eigenvalue weighted by atomic mass is 32.2. The number of carbonyl (C=O) groups is 2. The summed E-state index contributed by atoms with van der Waals surface area (Å²) in [7, 11) is 0. The van der Waals surface area contributed by atoms with E-state index < -0.39 is 6.04 Å². The lowest BCUT2D eigenvalue weighted by Crippen LogP contribution is -2.53. The zero-order valence-corrected chi connectivity index (χ0v) is 14.0. The summed E-state index contributed by atoms with van der Waals surface area (Å²) in [6.07, 6.45) is 1.63. The van der Waals surface area contributed by atoms with E-state index in [1.807, 2.05) is 42.1 Å². The van der Waals surface area contributed by atoms with Crippen molar-refractivity contribution < 1.29 is 9.59 Å². The minimum absolute atomic E-state index is 0.0642. The van der Waals surface area contributed by atoms with Crippen molar-refractivity contribution in [1.82, 2.24) is 15.5 Å². The molecule has 5 nitrogen and oxygen atoms in total. The Hall–Kier alpha value is -1.53. The Labute approximate surface area is 141 Å². The largest absolute Gasteiger partial charge is 0.354 e. The van der Waals surface area contributed by atoms with Gasteiger partial charge in [-0.25, -0.2) is 0 Å². The lowest BCUT2D eigenvalue weighted by molar-refractivity contribution is -0.133. The second-order valence-electron chi connectivity index (χ2n) is 5.96. The van der Waals surface area contributed by atoms with E-state index in [0.717, 1.165) is 43.0 Å². The third-order valence-electron chi connectivity index (χ3n) is 4.38. The quantitative estimate of drug-likeness (QED) is 0.868. The SMILES string of the molecule is O=C(N[C@@H]1CCCNC1=O)[C@H](c1ccccc1)N1CCSCC1. The number of piperidine rings is 1. The number of nitrogens with zero attached hydrogens (tertiary/aromatic N) is 1. The summed E-state index contributed by atoms with van der Waals surface area (Å²) >= 11 is 1.92. The molecule has 2 aliphatic rings. The van der Waals surface area contributed by atoms with Crippen LogP contribution in [0.5, 0.6) is 0 Å². The molecule has 0 aromatic heterocycles. The van der Waals surface area contributed by atoms with E-state index in [1.54, 1.807) is 0 Å².